The van der Waals surface area contributed by atoms with Crippen LogP contribution in [0.2, 0.25) is 0 Å². The minimum atomic E-state index is -0.0589. The van der Waals surface area contributed by atoms with E-state index in [1.165, 1.54) is 0 Å². The maximum Gasteiger partial charge on any atom is 0.251 e. The van der Waals surface area contributed by atoms with E-state index in [1.807, 2.05) is 42.7 Å². The summed E-state index contributed by atoms with van der Waals surface area (Å²) >= 11 is 1.65. The molecule has 0 aliphatic rings. The zero-order valence-electron chi connectivity index (χ0n) is 11.3. The average molecular weight is 287 g/mol. The molecule has 2 rings (SSSR count). The van der Waals surface area contributed by atoms with Crippen molar-refractivity contribution in [3.05, 3.63) is 59.7 Å². The summed E-state index contributed by atoms with van der Waals surface area (Å²) < 4.78 is 0. The first kappa shape index (κ1) is 14.5. The molecule has 2 aromatic rings. The van der Waals surface area contributed by atoms with Crippen LogP contribution in [0.4, 0.5) is 0 Å². The molecule has 0 aromatic heterocycles. The van der Waals surface area contributed by atoms with Crippen LogP contribution in [-0.2, 0) is 6.42 Å². The van der Waals surface area contributed by atoms with Gasteiger partial charge in [0.2, 0.25) is 0 Å². The summed E-state index contributed by atoms with van der Waals surface area (Å²) in [7, 11) is 0. The number of hydrogen-bond acceptors (Lipinski definition) is 3. The van der Waals surface area contributed by atoms with E-state index in [2.05, 4.69) is 5.32 Å². The fourth-order valence-electron chi connectivity index (χ4n) is 1.83. The number of carbonyl (C=O) groups excluding carboxylic acids is 1. The monoisotopic (exact) mass is 287 g/mol. The quantitative estimate of drug-likeness (QED) is 0.831. The molecular formula is C16H17NO2S. The molecule has 0 bridgehead atoms. The van der Waals surface area contributed by atoms with Crippen molar-refractivity contribution in [1.29, 1.82) is 0 Å². The second-order valence-electron chi connectivity index (χ2n) is 4.40. The molecule has 4 heteroatoms. The van der Waals surface area contributed by atoms with Gasteiger partial charge in [0.05, 0.1) is 0 Å². The van der Waals surface area contributed by atoms with Crippen LogP contribution >= 0.6 is 11.8 Å². The molecule has 2 aromatic carbocycles. The van der Waals surface area contributed by atoms with Crippen molar-refractivity contribution < 1.29 is 9.90 Å². The Labute approximate surface area is 123 Å². The van der Waals surface area contributed by atoms with E-state index < -0.39 is 0 Å². The van der Waals surface area contributed by atoms with Gasteiger partial charge in [0.1, 0.15) is 5.75 Å². The van der Waals surface area contributed by atoms with Crippen LogP contribution in [0.15, 0.2) is 53.4 Å². The molecule has 0 saturated heterocycles. The third kappa shape index (κ3) is 4.03. The third-order valence-electron chi connectivity index (χ3n) is 2.99. The van der Waals surface area contributed by atoms with E-state index in [1.54, 1.807) is 23.9 Å². The Kier molecular flexibility index (Phi) is 5.07. The predicted octanol–water partition coefficient (Wildman–Crippen LogP) is 3.09. The van der Waals surface area contributed by atoms with Crippen LogP contribution in [0.1, 0.15) is 15.9 Å². The number of nitrogens with one attached hydrogen (secondary N) is 1. The van der Waals surface area contributed by atoms with Gasteiger partial charge in [-0.2, -0.15) is 0 Å². The fraction of sp³-hybridized carbons (Fsp3) is 0.188. The summed E-state index contributed by atoms with van der Waals surface area (Å²) in [5.41, 5.74) is 1.76. The fourth-order valence-corrected chi connectivity index (χ4v) is 2.24. The van der Waals surface area contributed by atoms with Crippen molar-refractivity contribution in [2.45, 2.75) is 11.3 Å². The SMILES string of the molecule is CSc1ccc(C(=O)NCCc2ccc(O)cc2)cc1. The lowest BCUT2D eigenvalue weighted by Crippen LogP contribution is -2.25. The number of phenols is 1. The zero-order chi connectivity index (χ0) is 14.4. The van der Waals surface area contributed by atoms with Gasteiger partial charge in [0.15, 0.2) is 0 Å². The van der Waals surface area contributed by atoms with E-state index >= 15 is 0 Å². The lowest BCUT2D eigenvalue weighted by atomic mass is 10.1. The van der Waals surface area contributed by atoms with E-state index in [-0.39, 0.29) is 11.7 Å². The lowest BCUT2D eigenvalue weighted by molar-refractivity contribution is 0.0954. The second-order valence-corrected chi connectivity index (χ2v) is 5.28. The van der Waals surface area contributed by atoms with Crippen LogP contribution in [0, 0.1) is 0 Å². The molecule has 0 spiro atoms. The molecule has 0 aliphatic carbocycles. The van der Waals surface area contributed by atoms with Crippen molar-refractivity contribution >= 4 is 17.7 Å². The molecular weight excluding hydrogens is 270 g/mol. The molecule has 0 radical (unpaired) electrons. The lowest BCUT2D eigenvalue weighted by Gasteiger charge is -2.06. The van der Waals surface area contributed by atoms with Gasteiger partial charge < -0.3 is 10.4 Å². The Balaban J connectivity index is 1.83. The molecule has 20 heavy (non-hydrogen) atoms. The number of thioether (sulfide) groups is 1. The Hall–Kier alpha value is -1.94. The van der Waals surface area contributed by atoms with Crippen LogP contribution < -0.4 is 5.32 Å². The summed E-state index contributed by atoms with van der Waals surface area (Å²) in [6.07, 6.45) is 2.75. The second kappa shape index (κ2) is 7.01. The van der Waals surface area contributed by atoms with E-state index in [0.29, 0.717) is 12.1 Å². The number of phenolic OH excluding ortho intramolecular Hbond substituents is 1. The molecule has 0 fully saturated rings. The minimum Gasteiger partial charge on any atom is -0.508 e. The zero-order valence-corrected chi connectivity index (χ0v) is 12.1. The molecule has 3 nitrogen and oxygen atoms in total. The van der Waals surface area contributed by atoms with Crippen LogP contribution in [-0.4, -0.2) is 23.8 Å². The largest absolute Gasteiger partial charge is 0.508 e. The summed E-state index contributed by atoms with van der Waals surface area (Å²) in [5, 5.41) is 12.1. The molecule has 1 amide bonds. The number of rotatable bonds is 5. The highest BCUT2D eigenvalue weighted by molar-refractivity contribution is 7.98. The van der Waals surface area contributed by atoms with Crippen molar-refractivity contribution in [2.24, 2.45) is 0 Å². The van der Waals surface area contributed by atoms with Crippen LogP contribution in [0.5, 0.6) is 5.75 Å². The van der Waals surface area contributed by atoms with E-state index in [9.17, 15) is 9.90 Å². The highest BCUT2D eigenvalue weighted by atomic mass is 32.2. The van der Waals surface area contributed by atoms with Crippen molar-refractivity contribution in [1.82, 2.24) is 5.32 Å². The first-order valence-corrected chi connectivity index (χ1v) is 7.61. The smallest absolute Gasteiger partial charge is 0.251 e. The van der Waals surface area contributed by atoms with E-state index in [4.69, 9.17) is 0 Å². The Morgan fingerprint density at radius 2 is 1.75 bits per heavy atom. The maximum atomic E-state index is 11.9. The third-order valence-corrected chi connectivity index (χ3v) is 3.73. The number of aromatic hydroxyl groups is 1. The highest BCUT2D eigenvalue weighted by Gasteiger charge is 2.04. The van der Waals surface area contributed by atoms with Gasteiger partial charge in [-0.25, -0.2) is 0 Å². The summed E-state index contributed by atoms with van der Waals surface area (Å²) in [5.74, 6) is 0.197. The molecule has 0 atom stereocenters. The number of hydrogen-bond donors (Lipinski definition) is 2. The van der Waals surface area contributed by atoms with Gasteiger partial charge in [-0.05, 0) is 54.6 Å². The number of amides is 1. The van der Waals surface area contributed by atoms with Gasteiger partial charge in [0, 0.05) is 17.0 Å². The van der Waals surface area contributed by atoms with Gasteiger partial charge in [-0.3, -0.25) is 4.79 Å². The highest BCUT2D eigenvalue weighted by Crippen LogP contribution is 2.14. The normalized spacial score (nSPS) is 10.2. The van der Waals surface area contributed by atoms with Crippen molar-refractivity contribution in [3.63, 3.8) is 0 Å². The predicted molar refractivity (Wildman–Crippen MR) is 82.4 cm³/mol. The van der Waals surface area contributed by atoms with Gasteiger partial charge >= 0.3 is 0 Å². The molecule has 104 valence electrons. The minimum absolute atomic E-state index is 0.0589. The van der Waals surface area contributed by atoms with Gasteiger partial charge in [0.25, 0.3) is 5.91 Å². The Morgan fingerprint density at radius 3 is 2.35 bits per heavy atom. The van der Waals surface area contributed by atoms with Crippen molar-refractivity contribution in [3.8, 4) is 5.75 Å². The topological polar surface area (TPSA) is 49.3 Å². The standard InChI is InChI=1S/C16H17NO2S/c1-20-15-8-4-13(5-9-15)16(19)17-11-10-12-2-6-14(18)7-3-12/h2-9,18H,10-11H2,1H3,(H,17,19). The van der Waals surface area contributed by atoms with Crippen LogP contribution in [0.25, 0.3) is 0 Å². The maximum absolute atomic E-state index is 11.9. The summed E-state index contributed by atoms with van der Waals surface area (Å²) in [4.78, 5) is 13.1. The molecule has 0 aliphatic heterocycles. The van der Waals surface area contributed by atoms with Gasteiger partial charge in [-0.15, -0.1) is 11.8 Å². The molecule has 0 saturated carbocycles. The van der Waals surface area contributed by atoms with E-state index in [0.717, 1.165) is 16.9 Å². The Morgan fingerprint density at radius 1 is 1.10 bits per heavy atom. The average Bonchev–Trinajstić information content (AvgIpc) is 2.49. The number of benzene rings is 2. The van der Waals surface area contributed by atoms with Crippen LogP contribution in [0.3, 0.4) is 0 Å². The summed E-state index contributed by atoms with van der Waals surface area (Å²) in [6, 6.07) is 14.6. The van der Waals surface area contributed by atoms with Gasteiger partial charge in [-0.1, -0.05) is 12.1 Å². The van der Waals surface area contributed by atoms with Crippen molar-refractivity contribution in [2.75, 3.05) is 12.8 Å². The summed E-state index contributed by atoms with van der Waals surface area (Å²) in [6.45, 7) is 0.577. The number of carbonyl (C=O) groups is 1. The first-order valence-electron chi connectivity index (χ1n) is 6.39. The molecule has 2 N–H and O–H groups in total. The molecule has 0 unspecified atom stereocenters. The molecule has 0 heterocycles. The Bertz CT molecular complexity index is 564. The first-order chi connectivity index (χ1) is 9.69.